The van der Waals surface area contributed by atoms with Crippen molar-refractivity contribution in [3.05, 3.63) is 62.3 Å². The highest BCUT2D eigenvalue weighted by Gasteiger charge is 2.24. The van der Waals surface area contributed by atoms with Gasteiger partial charge < -0.3 is 9.64 Å². The maximum atomic E-state index is 11.5. The van der Waals surface area contributed by atoms with Crippen LogP contribution >= 0.6 is 11.3 Å². The number of rotatable bonds is 6. The van der Waals surface area contributed by atoms with Crippen molar-refractivity contribution in [1.29, 1.82) is 0 Å². The minimum absolute atomic E-state index is 0.0497. The highest BCUT2D eigenvalue weighted by molar-refractivity contribution is 7.09. The Kier molecular flexibility index (Phi) is 6.20. The Morgan fingerprint density at radius 1 is 1.30 bits per heavy atom. The van der Waals surface area contributed by atoms with Crippen LogP contribution in [0.4, 0.5) is 11.4 Å². The summed E-state index contributed by atoms with van der Waals surface area (Å²) in [5.74, 6) is -0.497. The second-order valence-electron chi connectivity index (χ2n) is 6.20. The summed E-state index contributed by atoms with van der Waals surface area (Å²) in [6.07, 6.45) is 2.77. The number of esters is 1. The molecule has 142 valence electrons. The predicted octanol–water partition coefficient (Wildman–Crippen LogP) is 3.16. The Balaban J connectivity index is 1.70. The van der Waals surface area contributed by atoms with Crippen molar-refractivity contribution >= 4 is 34.8 Å². The van der Waals surface area contributed by atoms with Crippen LogP contribution in [0.3, 0.4) is 0 Å². The van der Waals surface area contributed by atoms with E-state index < -0.39 is 5.97 Å². The van der Waals surface area contributed by atoms with Crippen molar-refractivity contribution in [3.63, 3.8) is 0 Å². The third-order valence-corrected chi connectivity index (χ3v) is 5.34. The monoisotopic (exact) mass is 387 g/mol. The van der Waals surface area contributed by atoms with E-state index in [-0.39, 0.29) is 10.6 Å². The number of hydrogen-bond donors (Lipinski definition) is 0. The van der Waals surface area contributed by atoms with Gasteiger partial charge in [-0.3, -0.25) is 15.0 Å². The number of benzene rings is 1. The molecule has 0 spiro atoms. The first-order valence-corrected chi connectivity index (χ1v) is 9.49. The largest absolute Gasteiger partial charge is 0.466 e. The number of carbonyl (C=O) groups excluding carboxylic acids is 1. The van der Waals surface area contributed by atoms with Crippen molar-refractivity contribution in [1.82, 2.24) is 4.90 Å². The minimum Gasteiger partial charge on any atom is -0.466 e. The molecule has 27 heavy (non-hydrogen) atoms. The summed E-state index contributed by atoms with van der Waals surface area (Å²) in [6.45, 7) is 4.12. The average molecular weight is 387 g/mol. The van der Waals surface area contributed by atoms with Crippen LogP contribution in [0.25, 0.3) is 6.08 Å². The van der Waals surface area contributed by atoms with Crippen LogP contribution in [0.5, 0.6) is 0 Å². The fourth-order valence-electron chi connectivity index (χ4n) is 3.06. The molecule has 1 aromatic heterocycles. The first kappa shape index (κ1) is 19.1. The van der Waals surface area contributed by atoms with Crippen LogP contribution in [0, 0.1) is 10.1 Å². The molecule has 0 aliphatic carbocycles. The lowest BCUT2D eigenvalue weighted by molar-refractivity contribution is -0.384. The third kappa shape index (κ3) is 4.93. The molecule has 0 saturated carbocycles. The Bertz CT molecular complexity index is 827. The van der Waals surface area contributed by atoms with Gasteiger partial charge in [-0.1, -0.05) is 12.1 Å². The lowest BCUT2D eigenvalue weighted by Crippen LogP contribution is -2.46. The van der Waals surface area contributed by atoms with Gasteiger partial charge in [-0.2, -0.15) is 0 Å². The fraction of sp³-hybridized carbons (Fsp3) is 0.316. The molecular formula is C19H21N3O4S. The van der Waals surface area contributed by atoms with Crippen LogP contribution in [-0.4, -0.2) is 49.1 Å². The Hall–Kier alpha value is -2.71. The maximum absolute atomic E-state index is 11.5. The highest BCUT2D eigenvalue weighted by atomic mass is 32.1. The first-order chi connectivity index (χ1) is 13.1. The van der Waals surface area contributed by atoms with E-state index in [9.17, 15) is 14.9 Å². The van der Waals surface area contributed by atoms with E-state index in [0.717, 1.165) is 32.7 Å². The Morgan fingerprint density at radius 3 is 2.70 bits per heavy atom. The van der Waals surface area contributed by atoms with Crippen LogP contribution in [-0.2, 0) is 16.1 Å². The minimum atomic E-state index is -0.497. The van der Waals surface area contributed by atoms with Gasteiger partial charge in [-0.15, -0.1) is 11.3 Å². The number of nitrogens with zero attached hydrogens (tertiary/aromatic N) is 3. The van der Waals surface area contributed by atoms with E-state index in [1.165, 1.54) is 30.2 Å². The molecule has 0 amide bonds. The van der Waals surface area contributed by atoms with Crippen LogP contribution < -0.4 is 4.90 Å². The van der Waals surface area contributed by atoms with E-state index in [4.69, 9.17) is 0 Å². The van der Waals surface area contributed by atoms with E-state index in [2.05, 4.69) is 32.0 Å². The zero-order valence-corrected chi connectivity index (χ0v) is 15.9. The summed E-state index contributed by atoms with van der Waals surface area (Å²) in [6, 6.07) is 9.20. The summed E-state index contributed by atoms with van der Waals surface area (Å²) in [7, 11) is 1.29. The molecule has 3 rings (SSSR count). The third-order valence-electron chi connectivity index (χ3n) is 4.48. The van der Waals surface area contributed by atoms with Gasteiger partial charge in [0.2, 0.25) is 0 Å². The lowest BCUT2D eigenvalue weighted by Gasteiger charge is -2.35. The smallest absolute Gasteiger partial charge is 0.330 e. The summed E-state index contributed by atoms with van der Waals surface area (Å²) in [5.41, 5.74) is 1.26. The number of methoxy groups -OCH3 is 1. The molecule has 2 aromatic rings. The molecule has 0 bridgehead atoms. The number of ether oxygens (including phenoxy) is 1. The average Bonchev–Trinajstić information content (AvgIpc) is 3.19. The zero-order chi connectivity index (χ0) is 19.2. The number of nitro groups is 1. The van der Waals surface area contributed by atoms with E-state index in [0.29, 0.717) is 11.3 Å². The molecule has 1 aliphatic rings. The number of nitro benzene ring substituents is 1. The number of carbonyl (C=O) groups is 1. The number of thiophene rings is 1. The van der Waals surface area contributed by atoms with E-state index in [1.807, 2.05) is 0 Å². The summed E-state index contributed by atoms with van der Waals surface area (Å²) in [5, 5.41) is 13.6. The summed E-state index contributed by atoms with van der Waals surface area (Å²) in [4.78, 5) is 28.1. The molecule has 8 heteroatoms. The maximum Gasteiger partial charge on any atom is 0.330 e. The van der Waals surface area contributed by atoms with Crippen molar-refractivity contribution in [2.75, 3.05) is 38.2 Å². The highest BCUT2D eigenvalue weighted by Crippen LogP contribution is 2.30. The predicted molar refractivity (Wildman–Crippen MR) is 106 cm³/mol. The quantitative estimate of drug-likeness (QED) is 0.328. The molecule has 0 radical (unpaired) electrons. The van der Waals surface area contributed by atoms with Gasteiger partial charge in [-0.25, -0.2) is 4.79 Å². The first-order valence-electron chi connectivity index (χ1n) is 8.61. The van der Waals surface area contributed by atoms with E-state index >= 15 is 0 Å². The van der Waals surface area contributed by atoms with Gasteiger partial charge in [-0.05, 0) is 29.2 Å². The number of hydrogen-bond acceptors (Lipinski definition) is 7. The molecule has 7 nitrogen and oxygen atoms in total. The van der Waals surface area contributed by atoms with Crippen molar-refractivity contribution in [3.8, 4) is 0 Å². The van der Waals surface area contributed by atoms with Crippen LogP contribution in [0.15, 0.2) is 41.8 Å². The molecule has 1 saturated heterocycles. The molecular weight excluding hydrogens is 366 g/mol. The topological polar surface area (TPSA) is 75.9 Å². The lowest BCUT2D eigenvalue weighted by atomic mass is 10.1. The standard InChI is InChI=1S/C19H21N3O4S/c1-26-19(23)7-5-15-4-6-17(18(13-15)22(24)25)21-10-8-20(9-11-21)14-16-3-2-12-27-16/h2-7,12-13H,8-11,14H2,1H3/b7-5+. The van der Waals surface area contributed by atoms with Gasteiger partial charge >= 0.3 is 5.97 Å². The number of anilines is 1. The zero-order valence-electron chi connectivity index (χ0n) is 15.0. The molecule has 0 N–H and O–H groups in total. The molecule has 1 fully saturated rings. The van der Waals surface area contributed by atoms with Crippen molar-refractivity contribution in [2.24, 2.45) is 0 Å². The van der Waals surface area contributed by atoms with Gasteiger partial charge in [0, 0.05) is 49.7 Å². The second-order valence-corrected chi connectivity index (χ2v) is 7.24. The van der Waals surface area contributed by atoms with Gasteiger partial charge in [0.15, 0.2) is 0 Å². The number of piperazine rings is 1. The molecule has 1 aliphatic heterocycles. The summed E-state index contributed by atoms with van der Waals surface area (Å²) >= 11 is 1.75. The molecule has 2 heterocycles. The Labute approximate surface area is 161 Å². The van der Waals surface area contributed by atoms with Crippen molar-refractivity contribution in [2.45, 2.75) is 6.54 Å². The molecule has 1 aromatic carbocycles. The van der Waals surface area contributed by atoms with Crippen molar-refractivity contribution < 1.29 is 14.5 Å². The Morgan fingerprint density at radius 2 is 2.07 bits per heavy atom. The van der Waals surface area contributed by atoms with Gasteiger partial charge in [0.1, 0.15) is 5.69 Å². The second kappa shape index (κ2) is 8.79. The van der Waals surface area contributed by atoms with Gasteiger partial charge in [0.25, 0.3) is 5.69 Å². The van der Waals surface area contributed by atoms with Crippen LogP contribution in [0.1, 0.15) is 10.4 Å². The fourth-order valence-corrected chi connectivity index (χ4v) is 3.81. The van der Waals surface area contributed by atoms with Crippen LogP contribution in [0.2, 0.25) is 0 Å². The normalized spacial score (nSPS) is 15.2. The van der Waals surface area contributed by atoms with E-state index in [1.54, 1.807) is 23.5 Å². The summed E-state index contributed by atoms with van der Waals surface area (Å²) < 4.78 is 4.54. The molecule has 0 atom stereocenters. The SMILES string of the molecule is COC(=O)/C=C/c1ccc(N2CCN(Cc3cccs3)CC2)c([N+](=O)[O-])c1. The van der Waals surface area contributed by atoms with Gasteiger partial charge in [0.05, 0.1) is 12.0 Å². The molecule has 0 unspecified atom stereocenters.